The summed E-state index contributed by atoms with van der Waals surface area (Å²) in [5, 5.41) is 5.47. The maximum Gasteiger partial charge on any atom is 0.146 e. The van der Waals surface area contributed by atoms with Gasteiger partial charge < -0.3 is 4.40 Å². The first-order valence-electron chi connectivity index (χ1n) is 16.4. The molecule has 0 bridgehead atoms. The molecule has 0 unspecified atom stereocenters. The van der Waals surface area contributed by atoms with Crippen molar-refractivity contribution in [3.8, 4) is 44.9 Å². The standard InChI is InChI=1S/C44H27N5/c1-2-7-30(8-3-1)39-27-49-26-24-36-40(44(49)48-39)35-10-4-5-11-38(35)47-41(36)33-18-14-29(15-19-33)28-12-16-31(17-13-28)37-23-22-34-21-20-32-9-6-25-45-42(32)43(34)46-37/h1-27H. The molecular weight excluding hydrogens is 599 g/mol. The van der Waals surface area contributed by atoms with Gasteiger partial charge in [-0.15, -0.1) is 0 Å². The molecule has 0 saturated carbocycles. The van der Waals surface area contributed by atoms with Crippen molar-refractivity contribution in [2.75, 3.05) is 0 Å². The largest absolute Gasteiger partial charge is 0.306 e. The monoisotopic (exact) mass is 625 g/mol. The fraction of sp³-hybridized carbons (Fsp3) is 0. The van der Waals surface area contributed by atoms with Gasteiger partial charge in [0.25, 0.3) is 0 Å². The highest BCUT2D eigenvalue weighted by molar-refractivity contribution is 6.16. The number of benzene rings is 5. The molecule has 10 aromatic rings. The summed E-state index contributed by atoms with van der Waals surface area (Å²) in [6, 6.07) is 50.7. The summed E-state index contributed by atoms with van der Waals surface area (Å²) in [7, 11) is 0. The molecule has 0 aliphatic carbocycles. The lowest BCUT2D eigenvalue weighted by molar-refractivity contribution is 1.20. The Morgan fingerprint density at radius 2 is 1.10 bits per heavy atom. The van der Waals surface area contributed by atoms with E-state index in [1.54, 1.807) is 0 Å². The zero-order valence-electron chi connectivity index (χ0n) is 26.3. The van der Waals surface area contributed by atoms with E-state index in [9.17, 15) is 0 Å². The maximum atomic E-state index is 5.19. The van der Waals surface area contributed by atoms with E-state index in [1.807, 2.05) is 36.5 Å². The minimum absolute atomic E-state index is 0.926. The van der Waals surface area contributed by atoms with Crippen LogP contribution in [0.2, 0.25) is 0 Å². The van der Waals surface area contributed by atoms with Crippen molar-refractivity contribution >= 4 is 49.1 Å². The molecule has 0 spiro atoms. The Morgan fingerprint density at radius 1 is 0.429 bits per heavy atom. The van der Waals surface area contributed by atoms with E-state index in [0.717, 1.165) is 94.0 Å². The van der Waals surface area contributed by atoms with Gasteiger partial charge in [0.05, 0.1) is 33.6 Å². The lowest BCUT2D eigenvalue weighted by atomic mass is 9.98. The highest BCUT2D eigenvalue weighted by Gasteiger charge is 2.16. The lowest BCUT2D eigenvalue weighted by Gasteiger charge is -2.12. The van der Waals surface area contributed by atoms with Gasteiger partial charge in [-0.2, -0.15) is 0 Å². The van der Waals surface area contributed by atoms with Crippen LogP contribution in [0.1, 0.15) is 0 Å². The summed E-state index contributed by atoms with van der Waals surface area (Å²) in [6.45, 7) is 0. The third-order valence-corrected chi connectivity index (χ3v) is 9.46. The summed E-state index contributed by atoms with van der Waals surface area (Å²) in [6.07, 6.45) is 6.03. The molecular formula is C44H27N5. The summed E-state index contributed by atoms with van der Waals surface area (Å²) >= 11 is 0. The van der Waals surface area contributed by atoms with Crippen molar-refractivity contribution < 1.29 is 0 Å². The van der Waals surface area contributed by atoms with Gasteiger partial charge in [-0.3, -0.25) is 4.98 Å². The molecule has 0 radical (unpaired) electrons. The van der Waals surface area contributed by atoms with Crippen LogP contribution in [0, 0.1) is 0 Å². The van der Waals surface area contributed by atoms with Crippen LogP contribution < -0.4 is 0 Å². The molecule has 0 aliphatic rings. The van der Waals surface area contributed by atoms with Crippen LogP contribution in [0.25, 0.3) is 94.0 Å². The molecule has 5 nitrogen and oxygen atoms in total. The SMILES string of the molecule is c1ccc(-c2cn3ccc4c(-c5ccc(-c6ccc(-c7ccc8ccc9cccnc9c8n7)cc6)cc5)nc5ccccc5c4c3n2)cc1. The Kier molecular flexibility index (Phi) is 6.11. The number of imidazole rings is 1. The number of hydrogen-bond acceptors (Lipinski definition) is 4. The van der Waals surface area contributed by atoms with Crippen molar-refractivity contribution in [1.82, 2.24) is 24.3 Å². The molecule has 0 saturated heterocycles. The zero-order valence-corrected chi connectivity index (χ0v) is 26.3. The average molecular weight is 626 g/mol. The van der Waals surface area contributed by atoms with Crippen LogP contribution in [-0.2, 0) is 0 Å². The topological polar surface area (TPSA) is 56.0 Å². The fourth-order valence-electron chi connectivity index (χ4n) is 6.98. The molecule has 0 fully saturated rings. The Hall–Kier alpha value is -6.72. The molecule has 0 atom stereocenters. The van der Waals surface area contributed by atoms with E-state index in [-0.39, 0.29) is 0 Å². The summed E-state index contributed by atoms with van der Waals surface area (Å²) in [5.41, 5.74) is 12.1. The van der Waals surface area contributed by atoms with E-state index in [1.165, 1.54) is 0 Å². The number of para-hydroxylation sites is 1. The molecule has 5 heterocycles. The highest BCUT2D eigenvalue weighted by Crippen LogP contribution is 2.36. The number of hydrogen-bond donors (Lipinski definition) is 0. The van der Waals surface area contributed by atoms with Gasteiger partial charge in [-0.05, 0) is 35.4 Å². The number of fused-ring (bicyclic) bond motifs is 8. The van der Waals surface area contributed by atoms with E-state index in [0.29, 0.717) is 0 Å². The van der Waals surface area contributed by atoms with Crippen LogP contribution in [0.15, 0.2) is 164 Å². The zero-order chi connectivity index (χ0) is 32.3. The molecule has 228 valence electrons. The molecule has 49 heavy (non-hydrogen) atoms. The van der Waals surface area contributed by atoms with Crippen LogP contribution in [0.5, 0.6) is 0 Å². The smallest absolute Gasteiger partial charge is 0.146 e. The van der Waals surface area contributed by atoms with E-state index in [4.69, 9.17) is 15.0 Å². The van der Waals surface area contributed by atoms with Gasteiger partial charge in [0.1, 0.15) is 5.65 Å². The highest BCUT2D eigenvalue weighted by atomic mass is 15.0. The number of aromatic nitrogens is 5. The second-order valence-corrected chi connectivity index (χ2v) is 12.4. The summed E-state index contributed by atoms with van der Waals surface area (Å²) < 4.78 is 2.13. The molecule has 0 amide bonds. The first-order chi connectivity index (χ1) is 24.3. The van der Waals surface area contributed by atoms with Gasteiger partial charge in [0.2, 0.25) is 0 Å². The molecule has 5 heteroatoms. The Bertz CT molecular complexity index is 2860. The van der Waals surface area contributed by atoms with Gasteiger partial charge in [0, 0.05) is 62.2 Å². The molecule has 5 aromatic heterocycles. The summed E-state index contributed by atoms with van der Waals surface area (Å²) in [4.78, 5) is 20.0. The van der Waals surface area contributed by atoms with Gasteiger partial charge in [-0.25, -0.2) is 15.0 Å². The third kappa shape index (κ3) is 4.55. The van der Waals surface area contributed by atoms with Crippen molar-refractivity contribution in [3.05, 3.63) is 164 Å². The Morgan fingerprint density at radius 3 is 1.92 bits per heavy atom. The maximum absolute atomic E-state index is 5.19. The second kappa shape index (κ2) is 10.9. The average Bonchev–Trinajstić information content (AvgIpc) is 3.63. The minimum atomic E-state index is 0.926. The Labute approximate surface area is 281 Å². The first-order valence-corrected chi connectivity index (χ1v) is 16.4. The lowest BCUT2D eigenvalue weighted by Crippen LogP contribution is -1.93. The quantitative estimate of drug-likeness (QED) is 0.183. The fourth-order valence-corrected chi connectivity index (χ4v) is 6.98. The van der Waals surface area contributed by atoms with Crippen molar-refractivity contribution in [3.63, 3.8) is 0 Å². The number of pyridine rings is 4. The first kappa shape index (κ1) is 27.4. The number of nitrogens with zero attached hydrogens (tertiary/aromatic N) is 5. The van der Waals surface area contributed by atoms with Crippen LogP contribution in [0.3, 0.4) is 0 Å². The van der Waals surface area contributed by atoms with E-state index < -0.39 is 0 Å². The van der Waals surface area contributed by atoms with Gasteiger partial charge in [0.15, 0.2) is 0 Å². The van der Waals surface area contributed by atoms with Crippen LogP contribution >= 0.6 is 0 Å². The number of rotatable bonds is 4. The Balaban J connectivity index is 1.02. The van der Waals surface area contributed by atoms with Crippen LogP contribution in [0.4, 0.5) is 0 Å². The predicted octanol–water partition coefficient (Wildman–Crippen LogP) is 10.8. The molecule has 10 rings (SSSR count). The van der Waals surface area contributed by atoms with Gasteiger partial charge in [-0.1, -0.05) is 121 Å². The molecule has 0 aliphatic heterocycles. The van der Waals surface area contributed by atoms with Crippen molar-refractivity contribution in [1.29, 1.82) is 0 Å². The van der Waals surface area contributed by atoms with Crippen molar-refractivity contribution in [2.24, 2.45) is 0 Å². The van der Waals surface area contributed by atoms with Gasteiger partial charge >= 0.3 is 0 Å². The normalized spacial score (nSPS) is 11.7. The summed E-state index contributed by atoms with van der Waals surface area (Å²) in [5.74, 6) is 0. The van der Waals surface area contributed by atoms with Crippen molar-refractivity contribution in [2.45, 2.75) is 0 Å². The molecule has 5 aromatic carbocycles. The minimum Gasteiger partial charge on any atom is -0.306 e. The van der Waals surface area contributed by atoms with E-state index >= 15 is 0 Å². The third-order valence-electron chi connectivity index (χ3n) is 9.46. The second-order valence-electron chi connectivity index (χ2n) is 12.4. The molecule has 0 N–H and O–H groups in total. The van der Waals surface area contributed by atoms with Crippen LogP contribution in [-0.4, -0.2) is 24.3 Å². The predicted molar refractivity (Wildman–Crippen MR) is 200 cm³/mol. The van der Waals surface area contributed by atoms with E-state index in [2.05, 4.69) is 137 Å².